The van der Waals surface area contributed by atoms with Gasteiger partial charge in [0, 0.05) is 17.1 Å². The van der Waals surface area contributed by atoms with Gasteiger partial charge in [-0.05, 0) is 48.9 Å². The van der Waals surface area contributed by atoms with Crippen LogP contribution in [0, 0.1) is 11.8 Å². The Morgan fingerprint density at radius 2 is 2.08 bits per heavy atom. The molecule has 4 atom stereocenters. The number of allylic oxidation sites excluding steroid dienone is 1. The number of thioether (sulfide) groups is 1. The number of halogens is 1. The fraction of sp³-hybridized carbons (Fsp3) is 0.389. The van der Waals surface area contributed by atoms with Gasteiger partial charge in [0.05, 0.1) is 6.04 Å². The van der Waals surface area contributed by atoms with E-state index >= 15 is 0 Å². The summed E-state index contributed by atoms with van der Waals surface area (Å²) in [5, 5.41) is 6.44. The van der Waals surface area contributed by atoms with Gasteiger partial charge in [0.25, 0.3) is 0 Å². The number of carbonyl (C=O) groups excluding carboxylic acids is 2. The highest BCUT2D eigenvalue weighted by Crippen LogP contribution is 2.41. The second-order valence-electron chi connectivity index (χ2n) is 6.64. The zero-order chi connectivity index (χ0) is 17.4. The van der Waals surface area contributed by atoms with E-state index in [-0.39, 0.29) is 24.3 Å². The fourth-order valence-corrected chi connectivity index (χ4v) is 4.72. The van der Waals surface area contributed by atoms with Gasteiger partial charge in [0.1, 0.15) is 5.25 Å². The van der Waals surface area contributed by atoms with Crippen molar-refractivity contribution in [3.63, 3.8) is 0 Å². The summed E-state index contributed by atoms with van der Waals surface area (Å²) in [4.78, 5) is 29.0. The summed E-state index contributed by atoms with van der Waals surface area (Å²) in [5.74, 6) is 0.803. The van der Waals surface area contributed by atoms with Gasteiger partial charge in [-0.2, -0.15) is 0 Å². The second kappa shape index (κ2) is 6.84. The lowest BCUT2D eigenvalue weighted by atomic mass is 10.0. The molecule has 1 aromatic carbocycles. The minimum Gasteiger partial charge on any atom is -0.326 e. The van der Waals surface area contributed by atoms with Crippen LogP contribution in [-0.4, -0.2) is 28.3 Å². The van der Waals surface area contributed by atoms with E-state index in [0.29, 0.717) is 27.7 Å². The summed E-state index contributed by atoms with van der Waals surface area (Å²) in [7, 11) is 0. The predicted molar refractivity (Wildman–Crippen MR) is 101 cm³/mol. The first kappa shape index (κ1) is 16.7. The largest absolute Gasteiger partial charge is 0.326 e. The van der Waals surface area contributed by atoms with E-state index in [9.17, 15) is 9.59 Å². The first-order chi connectivity index (χ1) is 12.1. The molecule has 1 saturated carbocycles. The quantitative estimate of drug-likeness (QED) is 0.794. The number of hydrogen-bond donors (Lipinski definition) is 2. The third-order valence-corrected chi connectivity index (χ3v) is 6.15. The van der Waals surface area contributed by atoms with E-state index in [1.165, 1.54) is 18.2 Å². The van der Waals surface area contributed by atoms with Gasteiger partial charge in [0.15, 0.2) is 5.17 Å². The van der Waals surface area contributed by atoms with Crippen LogP contribution in [0.3, 0.4) is 0 Å². The van der Waals surface area contributed by atoms with Gasteiger partial charge in [0.2, 0.25) is 11.8 Å². The number of fused-ring (bicyclic) bond motifs is 2. The highest BCUT2D eigenvalue weighted by atomic mass is 35.5. The van der Waals surface area contributed by atoms with Crippen LogP contribution < -0.4 is 10.6 Å². The maximum absolute atomic E-state index is 12.2. The van der Waals surface area contributed by atoms with Crippen molar-refractivity contribution < 1.29 is 9.59 Å². The van der Waals surface area contributed by atoms with Crippen LogP contribution in [0.5, 0.6) is 0 Å². The standard InChI is InChI=1S/C18H18ClN3O2S/c19-12-3-5-13(6-4-12)20-16(23)9-15-17(24)22-18(25-15)21-14-8-10-1-2-11(14)7-10/h1-6,10-11,14-15H,7-9H2,(H,20,23)(H,21,22,24)/t10-,11-,14-,15-/m0/s1. The first-order valence-corrected chi connectivity index (χ1v) is 9.61. The molecule has 0 aromatic heterocycles. The number of rotatable bonds is 4. The summed E-state index contributed by atoms with van der Waals surface area (Å²) < 4.78 is 0. The Morgan fingerprint density at radius 1 is 1.28 bits per heavy atom. The van der Waals surface area contributed by atoms with Gasteiger partial charge < -0.3 is 10.6 Å². The third kappa shape index (κ3) is 3.75. The van der Waals surface area contributed by atoms with Crippen molar-refractivity contribution >= 4 is 46.0 Å². The molecule has 1 aliphatic heterocycles. The van der Waals surface area contributed by atoms with Crippen molar-refractivity contribution in [1.29, 1.82) is 0 Å². The zero-order valence-electron chi connectivity index (χ0n) is 13.4. The normalized spacial score (nSPS) is 31.6. The summed E-state index contributed by atoms with van der Waals surface area (Å²) in [6.07, 6.45) is 6.86. The van der Waals surface area contributed by atoms with E-state index in [1.807, 2.05) is 0 Å². The van der Waals surface area contributed by atoms with Gasteiger partial charge in [-0.3, -0.25) is 14.6 Å². The minimum absolute atomic E-state index is 0.120. The average Bonchev–Trinajstić information content (AvgIpc) is 3.27. The molecule has 0 unspecified atom stereocenters. The first-order valence-electron chi connectivity index (χ1n) is 8.36. The second-order valence-corrected chi connectivity index (χ2v) is 8.26. The number of carbonyl (C=O) groups is 2. The summed E-state index contributed by atoms with van der Waals surface area (Å²) >= 11 is 7.19. The van der Waals surface area contributed by atoms with Crippen LogP contribution in [0.2, 0.25) is 5.02 Å². The van der Waals surface area contributed by atoms with E-state index in [1.54, 1.807) is 24.3 Å². The number of hydrogen-bond acceptors (Lipinski definition) is 4. The lowest BCUT2D eigenvalue weighted by Gasteiger charge is -2.13. The Labute approximate surface area is 155 Å². The number of benzene rings is 1. The molecule has 1 heterocycles. The molecule has 2 N–H and O–H groups in total. The Morgan fingerprint density at radius 3 is 2.76 bits per heavy atom. The molecule has 2 aliphatic carbocycles. The Bertz CT molecular complexity index is 762. The Kier molecular flexibility index (Phi) is 4.56. The lowest BCUT2D eigenvalue weighted by molar-refractivity contribution is -0.122. The summed E-state index contributed by atoms with van der Waals surface area (Å²) in [5.41, 5.74) is 0.667. The molecule has 7 heteroatoms. The number of amidine groups is 1. The number of aliphatic imine (C=N–C) groups is 1. The molecular weight excluding hydrogens is 358 g/mol. The highest BCUT2D eigenvalue weighted by Gasteiger charge is 2.38. The van der Waals surface area contributed by atoms with Crippen LogP contribution in [0.4, 0.5) is 5.69 Å². The summed E-state index contributed by atoms with van der Waals surface area (Å²) in [6, 6.07) is 7.15. The number of amides is 2. The highest BCUT2D eigenvalue weighted by molar-refractivity contribution is 8.15. The van der Waals surface area contributed by atoms with Gasteiger partial charge >= 0.3 is 0 Å². The summed E-state index contributed by atoms with van der Waals surface area (Å²) in [6.45, 7) is 0. The molecule has 4 rings (SSSR count). The van der Waals surface area contributed by atoms with Crippen molar-refractivity contribution in [3.8, 4) is 0 Å². The van der Waals surface area contributed by atoms with Crippen molar-refractivity contribution in [2.75, 3.05) is 5.32 Å². The van der Waals surface area contributed by atoms with E-state index in [2.05, 4.69) is 22.8 Å². The molecular formula is C18H18ClN3O2S. The SMILES string of the molecule is O=C(C[C@@H]1SC(=N[C@H]2C[C@H]3C=C[C@H]2C3)NC1=O)Nc1ccc(Cl)cc1. The van der Waals surface area contributed by atoms with Crippen LogP contribution in [0.25, 0.3) is 0 Å². The average molecular weight is 376 g/mol. The third-order valence-electron chi connectivity index (χ3n) is 4.80. The molecule has 2 amide bonds. The van der Waals surface area contributed by atoms with Crippen molar-refractivity contribution in [2.45, 2.75) is 30.6 Å². The molecule has 1 saturated heterocycles. The molecule has 2 fully saturated rings. The zero-order valence-corrected chi connectivity index (χ0v) is 15.0. The number of nitrogens with zero attached hydrogens (tertiary/aromatic N) is 1. The monoisotopic (exact) mass is 375 g/mol. The molecule has 3 aliphatic rings. The molecule has 1 aromatic rings. The molecule has 130 valence electrons. The number of anilines is 1. The van der Waals surface area contributed by atoms with E-state index in [4.69, 9.17) is 16.6 Å². The maximum Gasteiger partial charge on any atom is 0.240 e. The van der Waals surface area contributed by atoms with E-state index in [0.717, 1.165) is 6.42 Å². The maximum atomic E-state index is 12.2. The van der Waals surface area contributed by atoms with Crippen molar-refractivity contribution in [2.24, 2.45) is 16.8 Å². The van der Waals surface area contributed by atoms with Crippen molar-refractivity contribution in [3.05, 3.63) is 41.4 Å². The molecule has 25 heavy (non-hydrogen) atoms. The van der Waals surface area contributed by atoms with Crippen LogP contribution in [-0.2, 0) is 9.59 Å². The minimum atomic E-state index is -0.430. The van der Waals surface area contributed by atoms with Crippen LogP contribution in [0.15, 0.2) is 41.4 Å². The fourth-order valence-electron chi connectivity index (χ4n) is 3.57. The molecule has 0 radical (unpaired) electrons. The van der Waals surface area contributed by atoms with Gasteiger partial charge in [-0.25, -0.2) is 0 Å². The van der Waals surface area contributed by atoms with Crippen LogP contribution >= 0.6 is 23.4 Å². The Hall–Kier alpha value is -1.79. The van der Waals surface area contributed by atoms with Crippen molar-refractivity contribution in [1.82, 2.24) is 5.32 Å². The smallest absolute Gasteiger partial charge is 0.240 e. The predicted octanol–water partition coefficient (Wildman–Crippen LogP) is 3.22. The van der Waals surface area contributed by atoms with Gasteiger partial charge in [-0.1, -0.05) is 35.5 Å². The van der Waals surface area contributed by atoms with Crippen LogP contribution in [0.1, 0.15) is 19.3 Å². The lowest BCUT2D eigenvalue weighted by Crippen LogP contribution is -2.28. The molecule has 5 nitrogen and oxygen atoms in total. The molecule has 2 bridgehead atoms. The topological polar surface area (TPSA) is 70.6 Å². The molecule has 0 spiro atoms. The Balaban J connectivity index is 1.33. The number of nitrogens with one attached hydrogen (secondary N) is 2. The van der Waals surface area contributed by atoms with E-state index < -0.39 is 5.25 Å². The van der Waals surface area contributed by atoms with Gasteiger partial charge in [-0.15, -0.1) is 0 Å².